The van der Waals surface area contributed by atoms with Gasteiger partial charge in [0.05, 0.1) is 5.69 Å². The van der Waals surface area contributed by atoms with Gasteiger partial charge < -0.3 is 0 Å². The normalized spacial score (nSPS) is 13.8. The smallest absolute Gasteiger partial charge is 0.0780 e. The van der Waals surface area contributed by atoms with Crippen LogP contribution in [0, 0.1) is 0 Å². The van der Waals surface area contributed by atoms with E-state index in [0.717, 1.165) is 16.8 Å². The Morgan fingerprint density at radius 3 is 1.69 bits per heavy atom. The van der Waals surface area contributed by atoms with E-state index < -0.39 is 0 Å². The standard InChI is InChI=1S/C47H37N/c1-3-15-32(16-4-1)36-28-29-44(39-22-8-7-21-38(36)39)46-42-25-11-9-23-40(42)45(41-24-10-12-26-43(41)46)35-20-13-19-34(31-35)37-27-14-30-48-47(37)33-17-5-2-6-18-33/h2,5-14,17-32H,1,3-4,15-16H2. The first-order valence-corrected chi connectivity index (χ1v) is 17.4. The van der Waals surface area contributed by atoms with Gasteiger partial charge in [-0.2, -0.15) is 0 Å². The molecule has 0 aliphatic heterocycles. The molecule has 0 spiro atoms. The number of hydrogen-bond donors (Lipinski definition) is 0. The van der Waals surface area contributed by atoms with Gasteiger partial charge in [-0.25, -0.2) is 0 Å². The number of nitrogens with zero attached hydrogens (tertiary/aromatic N) is 1. The second-order valence-electron chi connectivity index (χ2n) is 13.3. The second kappa shape index (κ2) is 12.2. The topological polar surface area (TPSA) is 12.9 Å². The van der Waals surface area contributed by atoms with E-state index in [4.69, 9.17) is 4.98 Å². The summed E-state index contributed by atoms with van der Waals surface area (Å²) in [5.41, 5.74) is 11.1. The number of benzene rings is 7. The number of hydrogen-bond acceptors (Lipinski definition) is 1. The maximum atomic E-state index is 4.83. The first-order chi connectivity index (χ1) is 23.8. The third-order valence-corrected chi connectivity index (χ3v) is 10.5. The van der Waals surface area contributed by atoms with Crippen LogP contribution in [-0.4, -0.2) is 4.98 Å². The average molecular weight is 616 g/mol. The zero-order valence-electron chi connectivity index (χ0n) is 27.1. The number of rotatable bonds is 5. The molecule has 7 aromatic carbocycles. The molecule has 1 heterocycles. The van der Waals surface area contributed by atoms with Gasteiger partial charge in [0.25, 0.3) is 0 Å². The van der Waals surface area contributed by atoms with Gasteiger partial charge in [-0.1, -0.05) is 159 Å². The van der Waals surface area contributed by atoms with Crippen LogP contribution in [0.15, 0.2) is 158 Å². The van der Waals surface area contributed by atoms with Crippen molar-refractivity contribution in [3.05, 3.63) is 163 Å². The van der Waals surface area contributed by atoms with Crippen LogP contribution in [0.3, 0.4) is 0 Å². The van der Waals surface area contributed by atoms with Crippen molar-refractivity contribution in [3.63, 3.8) is 0 Å². The van der Waals surface area contributed by atoms with Crippen LogP contribution >= 0.6 is 0 Å². The number of fused-ring (bicyclic) bond motifs is 3. The van der Waals surface area contributed by atoms with Crippen molar-refractivity contribution in [2.45, 2.75) is 38.0 Å². The van der Waals surface area contributed by atoms with E-state index in [1.165, 1.54) is 97.8 Å². The average Bonchev–Trinajstić information content (AvgIpc) is 3.17. The molecular formula is C47H37N. The number of aromatic nitrogens is 1. The second-order valence-corrected chi connectivity index (χ2v) is 13.3. The van der Waals surface area contributed by atoms with Gasteiger partial charge in [0.1, 0.15) is 0 Å². The fraction of sp³-hybridized carbons (Fsp3) is 0.128. The molecule has 0 unspecified atom stereocenters. The van der Waals surface area contributed by atoms with Crippen molar-refractivity contribution in [1.29, 1.82) is 0 Å². The van der Waals surface area contributed by atoms with Crippen LogP contribution < -0.4 is 0 Å². The third-order valence-electron chi connectivity index (χ3n) is 10.5. The molecule has 1 aliphatic carbocycles. The quantitative estimate of drug-likeness (QED) is 0.176. The summed E-state index contributed by atoms with van der Waals surface area (Å²) < 4.78 is 0. The van der Waals surface area contributed by atoms with E-state index in [-0.39, 0.29) is 0 Å². The Kier molecular flexibility index (Phi) is 7.32. The molecule has 1 nitrogen and oxygen atoms in total. The zero-order valence-corrected chi connectivity index (χ0v) is 27.1. The summed E-state index contributed by atoms with van der Waals surface area (Å²) in [5, 5.41) is 7.90. The maximum absolute atomic E-state index is 4.83. The molecule has 8 aromatic rings. The largest absolute Gasteiger partial charge is 0.256 e. The van der Waals surface area contributed by atoms with Crippen LogP contribution in [-0.2, 0) is 0 Å². The summed E-state index contributed by atoms with van der Waals surface area (Å²) in [6.07, 6.45) is 8.54. The van der Waals surface area contributed by atoms with Crippen molar-refractivity contribution in [2.75, 3.05) is 0 Å². The van der Waals surface area contributed by atoms with Gasteiger partial charge in [0, 0.05) is 17.3 Å². The van der Waals surface area contributed by atoms with Crippen LogP contribution in [0.2, 0.25) is 0 Å². The highest BCUT2D eigenvalue weighted by Crippen LogP contribution is 2.47. The number of pyridine rings is 1. The molecule has 0 N–H and O–H groups in total. The summed E-state index contributed by atoms with van der Waals surface area (Å²) >= 11 is 0. The summed E-state index contributed by atoms with van der Waals surface area (Å²) in [6, 6.07) is 55.8. The first-order valence-electron chi connectivity index (χ1n) is 17.4. The minimum Gasteiger partial charge on any atom is -0.256 e. The summed E-state index contributed by atoms with van der Waals surface area (Å²) in [7, 11) is 0. The molecule has 1 aliphatic rings. The van der Waals surface area contributed by atoms with E-state index in [0.29, 0.717) is 5.92 Å². The molecule has 1 heteroatoms. The van der Waals surface area contributed by atoms with E-state index in [9.17, 15) is 0 Å². The zero-order chi connectivity index (χ0) is 31.9. The van der Waals surface area contributed by atoms with Crippen molar-refractivity contribution >= 4 is 32.3 Å². The molecule has 0 bridgehead atoms. The highest BCUT2D eigenvalue weighted by atomic mass is 14.7. The van der Waals surface area contributed by atoms with E-state index in [1.54, 1.807) is 0 Å². The van der Waals surface area contributed by atoms with Crippen molar-refractivity contribution < 1.29 is 0 Å². The van der Waals surface area contributed by atoms with Crippen molar-refractivity contribution in [2.24, 2.45) is 0 Å². The molecule has 230 valence electrons. The van der Waals surface area contributed by atoms with Crippen molar-refractivity contribution in [3.8, 4) is 44.6 Å². The Hall–Kier alpha value is -5.53. The Morgan fingerprint density at radius 1 is 0.396 bits per heavy atom. The predicted octanol–water partition coefficient (Wildman–Crippen LogP) is 13.3. The molecule has 1 saturated carbocycles. The van der Waals surface area contributed by atoms with Gasteiger partial charge in [-0.05, 0) is 96.6 Å². The Labute approximate surface area is 282 Å². The minimum atomic E-state index is 0.656. The van der Waals surface area contributed by atoms with Crippen molar-refractivity contribution in [1.82, 2.24) is 4.98 Å². The lowest BCUT2D eigenvalue weighted by atomic mass is 9.79. The molecule has 0 atom stereocenters. The fourth-order valence-corrected chi connectivity index (χ4v) is 8.35. The molecule has 0 saturated heterocycles. The molecule has 0 amide bonds. The Morgan fingerprint density at radius 2 is 0.979 bits per heavy atom. The monoisotopic (exact) mass is 615 g/mol. The summed E-state index contributed by atoms with van der Waals surface area (Å²) in [4.78, 5) is 4.83. The van der Waals surface area contributed by atoms with E-state index in [1.807, 2.05) is 12.3 Å². The van der Waals surface area contributed by atoms with E-state index >= 15 is 0 Å². The lowest BCUT2D eigenvalue weighted by Gasteiger charge is -2.25. The molecule has 1 aromatic heterocycles. The lowest BCUT2D eigenvalue weighted by molar-refractivity contribution is 0.445. The van der Waals surface area contributed by atoms with Gasteiger partial charge in [-0.15, -0.1) is 0 Å². The molecule has 48 heavy (non-hydrogen) atoms. The van der Waals surface area contributed by atoms with Gasteiger partial charge in [0.15, 0.2) is 0 Å². The van der Waals surface area contributed by atoms with Gasteiger partial charge in [0.2, 0.25) is 0 Å². The molecular weight excluding hydrogens is 579 g/mol. The van der Waals surface area contributed by atoms with E-state index in [2.05, 4.69) is 146 Å². The van der Waals surface area contributed by atoms with Crippen LogP contribution in [0.5, 0.6) is 0 Å². The summed E-state index contributed by atoms with van der Waals surface area (Å²) in [5.74, 6) is 0.656. The Bertz CT molecular complexity index is 2370. The van der Waals surface area contributed by atoms with Gasteiger partial charge in [-0.3, -0.25) is 4.98 Å². The molecule has 0 radical (unpaired) electrons. The maximum Gasteiger partial charge on any atom is 0.0780 e. The van der Waals surface area contributed by atoms with Gasteiger partial charge >= 0.3 is 0 Å². The predicted molar refractivity (Wildman–Crippen MR) is 204 cm³/mol. The molecule has 9 rings (SSSR count). The third kappa shape index (κ3) is 4.90. The summed E-state index contributed by atoms with van der Waals surface area (Å²) in [6.45, 7) is 0. The minimum absolute atomic E-state index is 0.656. The Balaban J connectivity index is 1.28. The fourth-order valence-electron chi connectivity index (χ4n) is 8.35. The SMILES string of the molecule is c1ccc(-c2ncccc2-c2cccc(-c3c4ccccc4c(-c4ccc(C5CCCCC5)c5ccccc45)c4ccccc34)c2)cc1. The lowest BCUT2D eigenvalue weighted by Crippen LogP contribution is -2.05. The highest BCUT2D eigenvalue weighted by Gasteiger charge is 2.22. The molecule has 1 fully saturated rings. The van der Waals surface area contributed by atoms with Crippen LogP contribution in [0.4, 0.5) is 0 Å². The van der Waals surface area contributed by atoms with Crippen LogP contribution in [0.1, 0.15) is 43.6 Å². The highest BCUT2D eigenvalue weighted by molar-refractivity contribution is 6.23. The first kappa shape index (κ1) is 28.7. The van der Waals surface area contributed by atoms with Crippen LogP contribution in [0.25, 0.3) is 77.0 Å².